The van der Waals surface area contributed by atoms with Crippen molar-refractivity contribution in [3.8, 4) is 17.0 Å². The van der Waals surface area contributed by atoms with Crippen LogP contribution in [0.15, 0.2) is 36.7 Å². The molecule has 1 aromatic carbocycles. The van der Waals surface area contributed by atoms with Crippen LogP contribution in [-0.4, -0.2) is 38.9 Å². The standard InChI is InChI=1S/C21H19F3N4O3/c22-21(23,24)12-4-5-16(18(8-12)31-11-29)19-15-6-7-25-10-17(15)20(28-27-19)26-13-2-1-3-14(30)9-13/h4-8,10-11,13-14,30H,1-3,9H2,(H,26,28)/t13-,14-/m1/s1. The molecule has 2 aromatic heterocycles. The van der Waals surface area contributed by atoms with E-state index in [0.29, 0.717) is 23.0 Å². The summed E-state index contributed by atoms with van der Waals surface area (Å²) in [5.41, 5.74) is -0.484. The number of pyridine rings is 1. The molecule has 0 amide bonds. The molecular weight excluding hydrogens is 413 g/mol. The Morgan fingerprint density at radius 2 is 2.00 bits per heavy atom. The first-order chi connectivity index (χ1) is 14.9. The maximum absolute atomic E-state index is 13.1. The summed E-state index contributed by atoms with van der Waals surface area (Å²) >= 11 is 0. The second-order valence-corrected chi connectivity index (χ2v) is 7.40. The Kier molecular flexibility index (Phi) is 5.73. The quantitative estimate of drug-likeness (QED) is 0.589. The first kappa shape index (κ1) is 21.0. The summed E-state index contributed by atoms with van der Waals surface area (Å²) in [4.78, 5) is 15.0. The van der Waals surface area contributed by atoms with E-state index in [2.05, 4.69) is 20.5 Å². The lowest BCUT2D eigenvalue weighted by Gasteiger charge is -2.27. The maximum Gasteiger partial charge on any atom is 0.416 e. The number of hydrogen-bond donors (Lipinski definition) is 2. The van der Waals surface area contributed by atoms with Gasteiger partial charge in [-0.15, -0.1) is 10.2 Å². The predicted octanol–water partition coefficient (Wildman–Crippen LogP) is 3.96. The summed E-state index contributed by atoms with van der Waals surface area (Å²) < 4.78 is 44.1. The van der Waals surface area contributed by atoms with E-state index in [-0.39, 0.29) is 35.6 Å². The highest BCUT2D eigenvalue weighted by molar-refractivity contribution is 6.00. The van der Waals surface area contributed by atoms with Crippen molar-refractivity contribution in [3.63, 3.8) is 0 Å². The van der Waals surface area contributed by atoms with E-state index >= 15 is 0 Å². The molecular formula is C21H19F3N4O3. The minimum atomic E-state index is -4.59. The minimum Gasteiger partial charge on any atom is -0.428 e. The smallest absolute Gasteiger partial charge is 0.416 e. The summed E-state index contributed by atoms with van der Waals surface area (Å²) in [7, 11) is 0. The predicted molar refractivity (Wildman–Crippen MR) is 106 cm³/mol. The molecule has 0 radical (unpaired) electrons. The Labute approximate surface area is 175 Å². The molecule has 1 aliphatic rings. The molecule has 2 heterocycles. The van der Waals surface area contributed by atoms with Gasteiger partial charge in [0.25, 0.3) is 6.47 Å². The molecule has 3 aromatic rings. The van der Waals surface area contributed by atoms with Crippen LogP contribution in [0.4, 0.5) is 19.0 Å². The highest BCUT2D eigenvalue weighted by Gasteiger charge is 2.32. The van der Waals surface area contributed by atoms with Gasteiger partial charge >= 0.3 is 6.18 Å². The Balaban J connectivity index is 1.78. The molecule has 0 unspecified atom stereocenters. The van der Waals surface area contributed by atoms with E-state index in [1.54, 1.807) is 12.3 Å². The summed E-state index contributed by atoms with van der Waals surface area (Å²) in [6.45, 7) is 0.0699. The van der Waals surface area contributed by atoms with Crippen LogP contribution in [0.5, 0.6) is 5.75 Å². The highest BCUT2D eigenvalue weighted by atomic mass is 19.4. The number of alkyl halides is 3. The summed E-state index contributed by atoms with van der Waals surface area (Å²) in [6.07, 6.45) is 1.26. The number of aliphatic hydroxyl groups excluding tert-OH is 1. The van der Waals surface area contributed by atoms with Gasteiger partial charge in [-0.2, -0.15) is 13.2 Å². The Morgan fingerprint density at radius 1 is 1.16 bits per heavy atom. The molecule has 0 bridgehead atoms. The molecule has 1 fully saturated rings. The highest BCUT2D eigenvalue weighted by Crippen LogP contribution is 2.39. The fraction of sp³-hybridized carbons (Fsp3) is 0.333. The number of ether oxygens (including phenoxy) is 1. The lowest BCUT2D eigenvalue weighted by atomic mass is 9.93. The fourth-order valence-corrected chi connectivity index (χ4v) is 3.84. The number of nitrogens with zero attached hydrogens (tertiary/aromatic N) is 3. The average molecular weight is 432 g/mol. The van der Waals surface area contributed by atoms with Gasteiger partial charge < -0.3 is 15.2 Å². The molecule has 1 aliphatic carbocycles. The first-order valence-electron chi connectivity index (χ1n) is 9.73. The van der Waals surface area contributed by atoms with Gasteiger partial charge in [-0.3, -0.25) is 9.78 Å². The Hall–Kier alpha value is -3.27. The van der Waals surface area contributed by atoms with E-state index in [0.717, 1.165) is 31.4 Å². The Morgan fingerprint density at radius 3 is 2.74 bits per heavy atom. The largest absolute Gasteiger partial charge is 0.428 e. The lowest BCUT2D eigenvalue weighted by molar-refractivity contribution is -0.138. The number of carbonyl (C=O) groups is 1. The fourth-order valence-electron chi connectivity index (χ4n) is 3.84. The van der Waals surface area contributed by atoms with Gasteiger partial charge in [0.05, 0.1) is 11.7 Å². The normalized spacial score (nSPS) is 19.2. The second-order valence-electron chi connectivity index (χ2n) is 7.40. The van der Waals surface area contributed by atoms with Crippen molar-refractivity contribution in [2.24, 2.45) is 0 Å². The average Bonchev–Trinajstić information content (AvgIpc) is 2.74. The van der Waals surface area contributed by atoms with Crippen LogP contribution in [-0.2, 0) is 11.0 Å². The second kappa shape index (κ2) is 8.46. The van der Waals surface area contributed by atoms with Gasteiger partial charge in [-0.1, -0.05) is 0 Å². The third kappa shape index (κ3) is 4.43. The van der Waals surface area contributed by atoms with Crippen molar-refractivity contribution < 1.29 is 27.8 Å². The topological polar surface area (TPSA) is 97.2 Å². The molecule has 4 rings (SSSR count). The zero-order valence-electron chi connectivity index (χ0n) is 16.3. The third-order valence-corrected chi connectivity index (χ3v) is 5.31. The van der Waals surface area contributed by atoms with Crippen LogP contribution in [0, 0.1) is 0 Å². The zero-order valence-corrected chi connectivity index (χ0v) is 16.3. The maximum atomic E-state index is 13.1. The number of benzene rings is 1. The van der Waals surface area contributed by atoms with Crippen LogP contribution in [0.2, 0.25) is 0 Å². The molecule has 0 spiro atoms. The molecule has 162 valence electrons. The zero-order chi connectivity index (χ0) is 22.0. The molecule has 10 heteroatoms. The lowest BCUT2D eigenvalue weighted by Crippen LogP contribution is -2.30. The van der Waals surface area contributed by atoms with Crippen LogP contribution in [0.3, 0.4) is 0 Å². The molecule has 0 saturated heterocycles. The number of fused-ring (bicyclic) bond motifs is 1. The van der Waals surface area contributed by atoms with Crippen molar-refractivity contribution in [1.29, 1.82) is 0 Å². The van der Waals surface area contributed by atoms with Crippen molar-refractivity contribution in [3.05, 3.63) is 42.2 Å². The molecule has 0 aliphatic heterocycles. The number of nitrogens with one attached hydrogen (secondary N) is 1. The first-order valence-corrected chi connectivity index (χ1v) is 9.73. The van der Waals surface area contributed by atoms with Crippen molar-refractivity contribution in [2.45, 2.75) is 44.0 Å². The Bertz CT molecular complexity index is 1110. The van der Waals surface area contributed by atoms with E-state index < -0.39 is 11.7 Å². The van der Waals surface area contributed by atoms with Crippen molar-refractivity contribution in [2.75, 3.05) is 5.32 Å². The van der Waals surface area contributed by atoms with Crippen molar-refractivity contribution in [1.82, 2.24) is 15.2 Å². The van der Waals surface area contributed by atoms with Crippen molar-refractivity contribution >= 4 is 23.1 Å². The van der Waals surface area contributed by atoms with Crippen LogP contribution in [0.25, 0.3) is 22.0 Å². The van der Waals surface area contributed by atoms with E-state index in [1.165, 1.54) is 12.3 Å². The number of carbonyl (C=O) groups excluding carboxylic acids is 1. The monoisotopic (exact) mass is 432 g/mol. The van der Waals surface area contributed by atoms with Crippen LogP contribution >= 0.6 is 0 Å². The van der Waals surface area contributed by atoms with E-state index in [9.17, 15) is 23.1 Å². The van der Waals surface area contributed by atoms with Gasteiger partial charge in [0.15, 0.2) is 5.82 Å². The van der Waals surface area contributed by atoms with E-state index in [4.69, 9.17) is 4.74 Å². The van der Waals surface area contributed by atoms with Crippen LogP contribution < -0.4 is 10.1 Å². The molecule has 31 heavy (non-hydrogen) atoms. The van der Waals surface area contributed by atoms with Gasteiger partial charge in [0, 0.05) is 34.8 Å². The summed E-state index contributed by atoms with van der Waals surface area (Å²) in [5.74, 6) is 0.198. The third-order valence-electron chi connectivity index (χ3n) is 5.31. The number of aliphatic hydroxyl groups is 1. The van der Waals surface area contributed by atoms with Gasteiger partial charge in [0.1, 0.15) is 11.4 Å². The molecule has 2 N–H and O–H groups in total. The SMILES string of the molecule is O=COc1cc(C(F)(F)F)ccc1-c1nnc(N[C@@H]2CCC[C@@H](O)C2)c2cnccc12. The van der Waals surface area contributed by atoms with Gasteiger partial charge in [-0.05, 0) is 49.9 Å². The number of aromatic nitrogens is 3. The number of hydrogen-bond acceptors (Lipinski definition) is 7. The van der Waals surface area contributed by atoms with E-state index in [1.807, 2.05) is 0 Å². The van der Waals surface area contributed by atoms with Crippen LogP contribution in [0.1, 0.15) is 31.2 Å². The molecule has 1 saturated carbocycles. The number of anilines is 1. The summed E-state index contributed by atoms with van der Waals surface area (Å²) in [6, 6.07) is 4.55. The molecule has 2 atom stereocenters. The number of halogens is 3. The number of rotatable bonds is 5. The minimum absolute atomic E-state index is 0.0207. The van der Waals surface area contributed by atoms with Gasteiger partial charge in [-0.25, -0.2) is 0 Å². The summed E-state index contributed by atoms with van der Waals surface area (Å²) in [5, 5.41) is 22.8. The molecule has 7 nitrogen and oxygen atoms in total. The van der Waals surface area contributed by atoms with Gasteiger partial charge in [0.2, 0.25) is 0 Å².